The van der Waals surface area contributed by atoms with Crippen LogP contribution in [0.3, 0.4) is 0 Å². The Morgan fingerprint density at radius 3 is 2.54 bits per heavy atom. The van der Waals surface area contributed by atoms with E-state index in [1.54, 1.807) is 6.20 Å². The van der Waals surface area contributed by atoms with E-state index in [1.807, 2.05) is 35.9 Å². The van der Waals surface area contributed by atoms with Gasteiger partial charge in [-0.15, -0.1) is 12.4 Å². The molecule has 3 saturated heterocycles. The Morgan fingerprint density at radius 2 is 1.88 bits per heavy atom. The summed E-state index contributed by atoms with van der Waals surface area (Å²) in [5.41, 5.74) is 1.45. The molecule has 24 heavy (non-hydrogen) atoms. The number of fused-ring (bicyclic) bond motifs is 4. The monoisotopic (exact) mass is 347 g/mol. The first-order valence-corrected chi connectivity index (χ1v) is 8.25. The minimum Gasteiger partial charge on any atom is -0.350 e. The molecule has 128 valence electrons. The van der Waals surface area contributed by atoms with Gasteiger partial charge in [0.1, 0.15) is 0 Å². The molecule has 1 aromatic carbocycles. The molecule has 5 nitrogen and oxygen atoms in total. The Morgan fingerprint density at radius 1 is 1.17 bits per heavy atom. The maximum absolute atomic E-state index is 12.6. The van der Waals surface area contributed by atoms with Crippen LogP contribution in [-0.4, -0.2) is 46.8 Å². The number of piperidine rings is 3. The van der Waals surface area contributed by atoms with Crippen LogP contribution < -0.4 is 5.32 Å². The fourth-order valence-corrected chi connectivity index (χ4v) is 4.01. The van der Waals surface area contributed by atoms with Crippen molar-refractivity contribution in [3.8, 4) is 0 Å². The number of amides is 1. The van der Waals surface area contributed by atoms with Crippen LogP contribution in [0.5, 0.6) is 0 Å². The van der Waals surface area contributed by atoms with E-state index in [9.17, 15) is 9.59 Å². The van der Waals surface area contributed by atoms with E-state index < -0.39 is 11.7 Å². The number of hydrogen-bond acceptors (Lipinski definition) is 3. The highest BCUT2D eigenvalue weighted by Gasteiger charge is 2.36. The van der Waals surface area contributed by atoms with Gasteiger partial charge in [-0.3, -0.25) is 9.59 Å². The first-order chi connectivity index (χ1) is 11.1. The molecule has 0 aliphatic carbocycles. The van der Waals surface area contributed by atoms with Gasteiger partial charge in [-0.1, -0.05) is 18.2 Å². The summed E-state index contributed by atoms with van der Waals surface area (Å²) in [6, 6.07) is 7.79. The fraction of sp³-hybridized carbons (Fsp3) is 0.444. The van der Waals surface area contributed by atoms with Gasteiger partial charge in [0.2, 0.25) is 0 Å². The number of hydrogen-bond donors (Lipinski definition) is 1. The third-order valence-corrected chi connectivity index (χ3v) is 5.32. The number of rotatable bonds is 3. The zero-order valence-corrected chi connectivity index (χ0v) is 14.5. The van der Waals surface area contributed by atoms with Gasteiger partial charge in [0, 0.05) is 36.7 Å². The van der Waals surface area contributed by atoms with E-state index in [0.29, 0.717) is 11.5 Å². The lowest BCUT2D eigenvalue weighted by Crippen LogP contribution is -2.58. The number of aryl methyl sites for hydroxylation is 1. The molecular weight excluding hydrogens is 326 g/mol. The van der Waals surface area contributed by atoms with Crippen LogP contribution in [0.25, 0.3) is 10.9 Å². The topological polar surface area (TPSA) is 54.3 Å². The van der Waals surface area contributed by atoms with Crippen molar-refractivity contribution >= 4 is 35.0 Å². The standard InChI is InChI=1S/C18H21N3O2.ClH/c1-20-10-14(13-4-2-3-5-16(13)20)17(22)18(23)19-15-11-21-8-6-12(15)7-9-21;/h2-5,10,12,15H,6-9,11H2,1H3,(H,19,23);1H. The number of ketones is 1. The molecule has 3 aliphatic rings. The molecule has 0 spiro atoms. The van der Waals surface area contributed by atoms with Crippen LogP contribution in [0.15, 0.2) is 30.5 Å². The van der Waals surface area contributed by atoms with E-state index >= 15 is 0 Å². The van der Waals surface area contributed by atoms with Crippen molar-refractivity contribution in [3.05, 3.63) is 36.0 Å². The Labute approximate surface area is 147 Å². The molecule has 6 heteroatoms. The SMILES string of the molecule is Cl.Cn1cc(C(=O)C(=O)NC2CN3CCC2CC3)c2ccccc21. The number of nitrogens with one attached hydrogen (secondary N) is 1. The maximum Gasteiger partial charge on any atom is 0.292 e. The predicted molar refractivity (Wildman–Crippen MR) is 95.6 cm³/mol. The van der Waals surface area contributed by atoms with Gasteiger partial charge >= 0.3 is 0 Å². The van der Waals surface area contributed by atoms with Gasteiger partial charge in [-0.25, -0.2) is 0 Å². The Hall–Kier alpha value is -1.85. The predicted octanol–water partition coefficient (Wildman–Crippen LogP) is 1.99. The molecule has 1 aromatic heterocycles. The highest BCUT2D eigenvalue weighted by molar-refractivity contribution is 6.45. The van der Waals surface area contributed by atoms with Crippen molar-refractivity contribution in [1.82, 2.24) is 14.8 Å². The largest absolute Gasteiger partial charge is 0.350 e. The quantitative estimate of drug-likeness (QED) is 0.682. The molecule has 1 atom stereocenters. The maximum atomic E-state index is 12.6. The van der Waals surface area contributed by atoms with Crippen LogP contribution in [0, 0.1) is 5.92 Å². The van der Waals surface area contributed by atoms with Crippen LogP contribution in [-0.2, 0) is 11.8 Å². The number of nitrogens with zero attached hydrogens (tertiary/aromatic N) is 2. The molecule has 2 aromatic rings. The molecule has 0 saturated carbocycles. The van der Waals surface area contributed by atoms with E-state index in [4.69, 9.17) is 0 Å². The van der Waals surface area contributed by atoms with Gasteiger partial charge in [0.15, 0.2) is 0 Å². The van der Waals surface area contributed by atoms with E-state index in [1.165, 1.54) is 0 Å². The van der Waals surface area contributed by atoms with Crippen molar-refractivity contribution in [1.29, 1.82) is 0 Å². The van der Waals surface area contributed by atoms with Gasteiger partial charge in [0.05, 0.1) is 5.56 Å². The summed E-state index contributed by atoms with van der Waals surface area (Å²) < 4.78 is 1.89. The first-order valence-electron chi connectivity index (χ1n) is 8.25. The van der Waals surface area contributed by atoms with Crippen molar-refractivity contribution in [2.75, 3.05) is 19.6 Å². The summed E-state index contributed by atoms with van der Waals surface area (Å²) >= 11 is 0. The lowest BCUT2D eigenvalue weighted by Gasteiger charge is -2.44. The van der Waals surface area contributed by atoms with Gasteiger partial charge in [-0.05, 0) is 37.9 Å². The van der Waals surface area contributed by atoms with Crippen molar-refractivity contribution in [2.45, 2.75) is 18.9 Å². The normalized spacial score (nSPS) is 25.3. The number of halogens is 1. The van der Waals surface area contributed by atoms with Gasteiger partial charge in [-0.2, -0.15) is 0 Å². The van der Waals surface area contributed by atoms with E-state index in [-0.39, 0.29) is 18.4 Å². The molecular formula is C18H22ClN3O2. The average molecular weight is 348 g/mol. The van der Waals surface area contributed by atoms with E-state index in [0.717, 1.165) is 43.4 Å². The second-order valence-electron chi connectivity index (χ2n) is 6.72. The van der Waals surface area contributed by atoms with Gasteiger partial charge < -0.3 is 14.8 Å². The summed E-state index contributed by atoms with van der Waals surface area (Å²) in [6.45, 7) is 3.11. The molecule has 5 rings (SSSR count). The molecule has 3 fully saturated rings. The first kappa shape index (κ1) is 17.0. The summed E-state index contributed by atoms with van der Waals surface area (Å²) in [5.74, 6) is -0.386. The minimum absolute atomic E-state index is 0. The molecule has 1 amide bonds. The fourth-order valence-electron chi connectivity index (χ4n) is 4.01. The highest BCUT2D eigenvalue weighted by Crippen LogP contribution is 2.27. The molecule has 2 bridgehead atoms. The van der Waals surface area contributed by atoms with Crippen LogP contribution in [0.2, 0.25) is 0 Å². The highest BCUT2D eigenvalue weighted by atomic mass is 35.5. The molecule has 4 heterocycles. The van der Waals surface area contributed by atoms with Crippen LogP contribution in [0.4, 0.5) is 0 Å². The zero-order valence-electron chi connectivity index (χ0n) is 13.7. The Kier molecular flexibility index (Phi) is 4.65. The number of carbonyl (C=O) groups is 2. The zero-order chi connectivity index (χ0) is 16.0. The molecule has 1 N–H and O–H groups in total. The number of benzene rings is 1. The van der Waals surface area contributed by atoms with Gasteiger partial charge in [0.25, 0.3) is 11.7 Å². The van der Waals surface area contributed by atoms with Crippen molar-refractivity contribution < 1.29 is 9.59 Å². The third kappa shape index (κ3) is 2.82. The van der Waals surface area contributed by atoms with Crippen molar-refractivity contribution in [3.63, 3.8) is 0 Å². The molecule has 0 radical (unpaired) electrons. The number of para-hydroxylation sites is 1. The second-order valence-corrected chi connectivity index (χ2v) is 6.72. The van der Waals surface area contributed by atoms with Crippen LogP contribution in [0.1, 0.15) is 23.2 Å². The lowest BCUT2D eigenvalue weighted by atomic mass is 9.84. The average Bonchev–Trinajstić information content (AvgIpc) is 2.92. The molecule has 3 aliphatic heterocycles. The summed E-state index contributed by atoms with van der Waals surface area (Å²) in [5, 5.41) is 3.82. The Bertz CT molecular complexity index is 778. The van der Waals surface area contributed by atoms with E-state index in [2.05, 4.69) is 10.2 Å². The summed E-state index contributed by atoms with van der Waals surface area (Å²) in [4.78, 5) is 27.4. The Balaban J connectivity index is 0.00000169. The van der Waals surface area contributed by atoms with Crippen molar-refractivity contribution in [2.24, 2.45) is 13.0 Å². The lowest BCUT2D eigenvalue weighted by molar-refractivity contribution is -0.119. The third-order valence-electron chi connectivity index (χ3n) is 5.32. The number of carbonyl (C=O) groups excluding carboxylic acids is 2. The van der Waals surface area contributed by atoms with Crippen LogP contribution >= 0.6 is 12.4 Å². The number of Topliss-reactive ketones (excluding diaryl/α,β-unsaturated/α-hetero) is 1. The second kappa shape index (κ2) is 6.57. The smallest absolute Gasteiger partial charge is 0.292 e. The molecule has 1 unspecified atom stereocenters. The number of aromatic nitrogens is 1. The summed E-state index contributed by atoms with van der Waals surface area (Å²) in [7, 11) is 1.89. The minimum atomic E-state index is -0.472. The summed E-state index contributed by atoms with van der Waals surface area (Å²) in [6.07, 6.45) is 3.99.